The van der Waals surface area contributed by atoms with Crippen molar-refractivity contribution in [2.75, 3.05) is 31.7 Å². The van der Waals surface area contributed by atoms with Crippen molar-refractivity contribution < 1.29 is 14.3 Å². The van der Waals surface area contributed by atoms with Gasteiger partial charge < -0.3 is 14.4 Å². The Hall–Kier alpha value is -4.16. The first-order valence-corrected chi connectivity index (χ1v) is 12.3. The monoisotopic (exact) mass is 479 g/mol. The van der Waals surface area contributed by atoms with Gasteiger partial charge in [-0.1, -0.05) is 66.7 Å². The maximum atomic E-state index is 13.6. The van der Waals surface area contributed by atoms with Crippen molar-refractivity contribution in [3.63, 3.8) is 0 Å². The van der Waals surface area contributed by atoms with Crippen LogP contribution in [-0.4, -0.2) is 43.4 Å². The topological polar surface area (TPSA) is 63.2 Å². The number of ether oxygens (including phenoxy) is 2. The number of hydrazone groups is 1. The molecule has 182 valence electrons. The molecular formula is C30H29N3O3. The number of para-hydroxylation sites is 2. The van der Waals surface area contributed by atoms with Gasteiger partial charge in [-0.15, -0.1) is 0 Å². The van der Waals surface area contributed by atoms with Gasteiger partial charge >= 0.3 is 5.97 Å². The van der Waals surface area contributed by atoms with E-state index in [1.807, 2.05) is 85.1 Å². The van der Waals surface area contributed by atoms with Crippen molar-refractivity contribution in [3.05, 3.63) is 113 Å². The van der Waals surface area contributed by atoms with E-state index in [1.54, 1.807) is 12.1 Å². The average Bonchev–Trinajstić information content (AvgIpc) is 3.34. The molecule has 0 bridgehead atoms. The smallest absolute Gasteiger partial charge is 0.344 e. The largest absolute Gasteiger partial charge is 0.423 e. The summed E-state index contributed by atoms with van der Waals surface area (Å²) >= 11 is 0. The summed E-state index contributed by atoms with van der Waals surface area (Å²) in [5.41, 5.74) is 8.62. The van der Waals surface area contributed by atoms with Crippen LogP contribution in [0.4, 0.5) is 5.69 Å². The van der Waals surface area contributed by atoms with E-state index in [1.165, 1.54) is 0 Å². The molecule has 0 saturated carbocycles. The molecule has 5 rings (SSSR count). The van der Waals surface area contributed by atoms with E-state index in [0.717, 1.165) is 54.0 Å². The Kier molecular flexibility index (Phi) is 7.54. The first-order valence-electron chi connectivity index (χ1n) is 12.3. The fourth-order valence-electron chi connectivity index (χ4n) is 4.60. The van der Waals surface area contributed by atoms with Crippen LogP contribution < -0.4 is 10.2 Å². The molecule has 0 radical (unpaired) electrons. The fourth-order valence-corrected chi connectivity index (χ4v) is 4.60. The number of hydrogen-bond acceptors (Lipinski definition) is 6. The van der Waals surface area contributed by atoms with Crippen LogP contribution in [0.15, 0.2) is 113 Å². The predicted octanol–water partition coefficient (Wildman–Crippen LogP) is 5.52. The first-order chi connectivity index (χ1) is 17.8. The zero-order chi connectivity index (χ0) is 24.6. The zero-order valence-electron chi connectivity index (χ0n) is 20.1. The Morgan fingerprint density at radius 1 is 0.861 bits per heavy atom. The second-order valence-electron chi connectivity index (χ2n) is 8.63. The summed E-state index contributed by atoms with van der Waals surface area (Å²) in [5, 5.41) is 4.52. The number of carbonyl (C=O) groups excluding carboxylic acids is 1. The standard InChI is InChI=1S/C30H29N3O3/c34-30(36-26-14-8-3-9-15-26)28(23-10-4-1-5-11-23)27-17-16-24(29(27)33-18-20-35-21-19-33)22-31-32-25-12-6-2-7-13-25/h1-15,22,32H,16-21H2/b28-27+,31-22+. The third-order valence-corrected chi connectivity index (χ3v) is 6.27. The zero-order valence-corrected chi connectivity index (χ0v) is 20.1. The van der Waals surface area contributed by atoms with Crippen LogP contribution in [0.25, 0.3) is 5.57 Å². The molecule has 0 aromatic heterocycles. The van der Waals surface area contributed by atoms with Gasteiger partial charge in [-0.25, -0.2) is 4.79 Å². The fraction of sp³-hybridized carbons (Fsp3) is 0.200. The van der Waals surface area contributed by atoms with Gasteiger partial charge in [0.25, 0.3) is 0 Å². The Balaban J connectivity index is 1.56. The van der Waals surface area contributed by atoms with Crippen LogP contribution in [0.2, 0.25) is 0 Å². The van der Waals surface area contributed by atoms with Crippen molar-refractivity contribution in [2.45, 2.75) is 12.8 Å². The van der Waals surface area contributed by atoms with Crippen molar-refractivity contribution in [1.82, 2.24) is 4.90 Å². The van der Waals surface area contributed by atoms with Crippen molar-refractivity contribution in [1.29, 1.82) is 0 Å². The Morgan fingerprint density at radius 3 is 2.19 bits per heavy atom. The van der Waals surface area contributed by atoms with Crippen molar-refractivity contribution in [2.24, 2.45) is 5.10 Å². The van der Waals surface area contributed by atoms with Crippen LogP contribution in [0.1, 0.15) is 18.4 Å². The molecule has 0 spiro atoms. The highest BCUT2D eigenvalue weighted by atomic mass is 16.5. The Morgan fingerprint density at radius 2 is 1.50 bits per heavy atom. The molecule has 36 heavy (non-hydrogen) atoms. The lowest BCUT2D eigenvalue weighted by molar-refractivity contribution is -0.128. The van der Waals surface area contributed by atoms with Crippen LogP contribution >= 0.6 is 0 Å². The molecule has 2 aliphatic rings. The van der Waals surface area contributed by atoms with Gasteiger partial charge in [-0.3, -0.25) is 5.43 Å². The SMILES string of the molecule is O=C(Oc1ccccc1)/C(=C1\CCC(/C=N/Nc2ccccc2)=C1N1CCOCC1)c1ccccc1. The molecule has 1 aliphatic carbocycles. The normalized spacial score (nSPS) is 17.4. The third-order valence-electron chi connectivity index (χ3n) is 6.27. The summed E-state index contributed by atoms with van der Waals surface area (Å²) in [7, 11) is 0. The molecule has 1 N–H and O–H groups in total. The van der Waals surface area contributed by atoms with Crippen molar-refractivity contribution in [3.8, 4) is 5.75 Å². The Labute approximate surface area is 211 Å². The van der Waals surface area contributed by atoms with E-state index in [-0.39, 0.29) is 5.97 Å². The van der Waals surface area contributed by atoms with Gasteiger partial charge in [0.05, 0.1) is 30.7 Å². The van der Waals surface area contributed by atoms with E-state index in [2.05, 4.69) is 15.4 Å². The lowest BCUT2D eigenvalue weighted by Crippen LogP contribution is -2.36. The number of hydrogen-bond donors (Lipinski definition) is 1. The van der Waals surface area contributed by atoms with Gasteiger partial charge in [0.15, 0.2) is 0 Å². The molecule has 1 heterocycles. The highest BCUT2D eigenvalue weighted by Gasteiger charge is 2.31. The van der Waals surface area contributed by atoms with Crippen LogP contribution in [0.5, 0.6) is 5.75 Å². The molecule has 0 atom stereocenters. The predicted molar refractivity (Wildman–Crippen MR) is 143 cm³/mol. The molecule has 1 fully saturated rings. The third kappa shape index (κ3) is 5.56. The van der Waals surface area contributed by atoms with E-state index >= 15 is 0 Å². The summed E-state index contributed by atoms with van der Waals surface area (Å²) in [5.74, 6) is 0.175. The van der Waals surface area contributed by atoms with E-state index in [0.29, 0.717) is 24.5 Å². The summed E-state index contributed by atoms with van der Waals surface area (Å²) in [6, 6.07) is 28.9. The van der Waals surface area contributed by atoms with Gasteiger partial charge in [-0.05, 0) is 53.8 Å². The number of rotatable bonds is 7. The summed E-state index contributed by atoms with van der Waals surface area (Å²) in [6.07, 6.45) is 3.40. The molecule has 3 aromatic carbocycles. The molecule has 0 amide bonds. The number of morpholine rings is 1. The van der Waals surface area contributed by atoms with Crippen LogP contribution in [-0.2, 0) is 9.53 Å². The quantitative estimate of drug-likeness (QED) is 0.159. The summed E-state index contributed by atoms with van der Waals surface area (Å²) in [6.45, 7) is 2.83. The van der Waals surface area contributed by atoms with Gasteiger partial charge in [0.1, 0.15) is 5.75 Å². The second-order valence-corrected chi connectivity index (χ2v) is 8.63. The number of benzene rings is 3. The number of carbonyl (C=O) groups is 1. The highest BCUT2D eigenvalue weighted by molar-refractivity contribution is 6.19. The minimum absolute atomic E-state index is 0.353. The molecule has 0 unspecified atom stereocenters. The van der Waals surface area contributed by atoms with E-state index in [9.17, 15) is 4.79 Å². The average molecular weight is 480 g/mol. The Bertz CT molecular complexity index is 1260. The van der Waals surface area contributed by atoms with E-state index in [4.69, 9.17) is 9.47 Å². The molecular weight excluding hydrogens is 450 g/mol. The molecule has 1 aliphatic heterocycles. The van der Waals surface area contributed by atoms with Gasteiger partial charge in [-0.2, -0.15) is 5.10 Å². The van der Waals surface area contributed by atoms with Crippen LogP contribution in [0.3, 0.4) is 0 Å². The highest BCUT2D eigenvalue weighted by Crippen LogP contribution is 2.39. The molecule has 3 aromatic rings. The lowest BCUT2D eigenvalue weighted by Gasteiger charge is -2.32. The minimum atomic E-state index is -0.353. The van der Waals surface area contributed by atoms with Crippen LogP contribution in [0, 0.1) is 0 Å². The number of allylic oxidation sites excluding steroid dienone is 2. The number of anilines is 1. The maximum absolute atomic E-state index is 13.6. The molecule has 6 nitrogen and oxygen atoms in total. The molecule has 6 heteroatoms. The van der Waals surface area contributed by atoms with Gasteiger partial charge in [0, 0.05) is 18.8 Å². The minimum Gasteiger partial charge on any atom is -0.423 e. The molecule has 1 saturated heterocycles. The summed E-state index contributed by atoms with van der Waals surface area (Å²) in [4.78, 5) is 16.0. The number of nitrogens with one attached hydrogen (secondary N) is 1. The van der Waals surface area contributed by atoms with Gasteiger partial charge in [0.2, 0.25) is 0 Å². The number of nitrogens with zero attached hydrogens (tertiary/aromatic N) is 2. The van der Waals surface area contributed by atoms with Crippen molar-refractivity contribution >= 4 is 23.4 Å². The first kappa shape index (κ1) is 23.6. The lowest BCUT2D eigenvalue weighted by atomic mass is 9.97. The summed E-state index contributed by atoms with van der Waals surface area (Å²) < 4.78 is 11.5. The second kappa shape index (κ2) is 11.5. The van der Waals surface area contributed by atoms with E-state index < -0.39 is 0 Å². The maximum Gasteiger partial charge on any atom is 0.344 e. The number of esters is 1.